The molecule has 1 atom stereocenters. The maximum absolute atomic E-state index is 6.26. The Labute approximate surface area is 174 Å². The molecule has 2 heterocycles. The van der Waals surface area contributed by atoms with Gasteiger partial charge in [-0.05, 0) is 50.2 Å². The van der Waals surface area contributed by atoms with Crippen LogP contribution in [-0.4, -0.2) is 34.7 Å². The van der Waals surface area contributed by atoms with Gasteiger partial charge in [0.2, 0.25) is 5.16 Å². The third-order valence-corrected chi connectivity index (χ3v) is 5.74. The quantitative estimate of drug-likeness (QED) is 0.468. The zero-order valence-electron chi connectivity index (χ0n) is 16.7. The third-order valence-electron chi connectivity index (χ3n) is 4.75. The van der Waals surface area contributed by atoms with E-state index in [0.29, 0.717) is 23.3 Å². The van der Waals surface area contributed by atoms with Gasteiger partial charge in [-0.25, -0.2) is 4.68 Å². The van der Waals surface area contributed by atoms with E-state index < -0.39 is 0 Å². The number of aromatic nitrogens is 3. The van der Waals surface area contributed by atoms with Gasteiger partial charge in [0.25, 0.3) is 0 Å². The number of rotatable bonds is 7. The summed E-state index contributed by atoms with van der Waals surface area (Å²) in [7, 11) is 1.64. The second-order valence-corrected chi connectivity index (χ2v) is 7.77. The van der Waals surface area contributed by atoms with Gasteiger partial charge in [-0.1, -0.05) is 11.8 Å². The van der Waals surface area contributed by atoms with E-state index in [2.05, 4.69) is 29.3 Å². The fraction of sp³-hybridized carbons (Fsp3) is 0.333. The predicted molar refractivity (Wildman–Crippen MR) is 113 cm³/mol. The molecular formula is C21H24N4O3S. The molecule has 2 N–H and O–H groups in total. The molecular weight excluding hydrogens is 388 g/mol. The number of nitrogen functional groups attached to an aromatic ring is 1. The van der Waals surface area contributed by atoms with E-state index >= 15 is 0 Å². The highest BCUT2D eigenvalue weighted by Gasteiger charge is 2.22. The van der Waals surface area contributed by atoms with Gasteiger partial charge in [-0.15, -0.1) is 10.2 Å². The summed E-state index contributed by atoms with van der Waals surface area (Å²) in [6, 6.07) is 11.7. The van der Waals surface area contributed by atoms with Crippen LogP contribution in [0, 0.1) is 0 Å². The zero-order chi connectivity index (χ0) is 20.4. The summed E-state index contributed by atoms with van der Waals surface area (Å²) in [5.74, 6) is 10.1. The van der Waals surface area contributed by atoms with Crippen molar-refractivity contribution in [3.05, 3.63) is 47.5 Å². The average molecular weight is 413 g/mol. The number of fused-ring (bicyclic) bond motifs is 1. The van der Waals surface area contributed by atoms with Crippen molar-refractivity contribution < 1.29 is 14.2 Å². The van der Waals surface area contributed by atoms with Crippen LogP contribution in [0.5, 0.6) is 17.2 Å². The summed E-state index contributed by atoms with van der Waals surface area (Å²) in [6.07, 6.45) is 1.10. The first-order valence-electron chi connectivity index (χ1n) is 9.52. The van der Waals surface area contributed by atoms with Gasteiger partial charge in [0.15, 0.2) is 5.82 Å². The fourth-order valence-electron chi connectivity index (χ4n) is 3.34. The minimum absolute atomic E-state index is 0.196. The third kappa shape index (κ3) is 3.98. The molecule has 0 radical (unpaired) electrons. The number of methoxy groups -OCH3 is 1. The lowest BCUT2D eigenvalue weighted by molar-refractivity contribution is 0.254. The number of nitrogens with zero attached hydrogens (tertiary/aromatic N) is 3. The lowest BCUT2D eigenvalue weighted by Gasteiger charge is -2.12. The molecule has 2 aromatic carbocycles. The van der Waals surface area contributed by atoms with E-state index in [1.165, 1.54) is 22.0 Å². The molecule has 3 aromatic rings. The largest absolute Gasteiger partial charge is 0.497 e. The number of ether oxygens (including phenoxy) is 3. The highest BCUT2D eigenvalue weighted by molar-refractivity contribution is 7.98. The van der Waals surface area contributed by atoms with Crippen LogP contribution in [0.2, 0.25) is 0 Å². The summed E-state index contributed by atoms with van der Waals surface area (Å²) < 4.78 is 18.5. The average Bonchev–Trinajstić information content (AvgIpc) is 3.27. The van der Waals surface area contributed by atoms with E-state index in [0.717, 1.165) is 34.8 Å². The van der Waals surface area contributed by atoms with Gasteiger partial charge in [0, 0.05) is 28.9 Å². The number of thioether (sulfide) groups is 1. The van der Waals surface area contributed by atoms with E-state index in [4.69, 9.17) is 20.1 Å². The molecule has 1 aliphatic rings. The molecule has 1 aromatic heterocycles. The molecule has 0 bridgehead atoms. The van der Waals surface area contributed by atoms with Crippen LogP contribution in [0.3, 0.4) is 0 Å². The highest BCUT2D eigenvalue weighted by Crippen LogP contribution is 2.37. The van der Waals surface area contributed by atoms with Crippen LogP contribution in [0.15, 0.2) is 41.6 Å². The van der Waals surface area contributed by atoms with Crippen molar-refractivity contribution in [2.24, 2.45) is 0 Å². The Kier molecular flexibility index (Phi) is 5.53. The Morgan fingerprint density at radius 1 is 1.24 bits per heavy atom. The number of hydrogen-bond acceptors (Lipinski definition) is 7. The first kappa shape index (κ1) is 19.4. The minimum Gasteiger partial charge on any atom is -0.497 e. The van der Waals surface area contributed by atoms with Crippen molar-refractivity contribution in [3.8, 4) is 28.6 Å². The maximum atomic E-state index is 6.26. The Hall–Kier alpha value is -2.87. The summed E-state index contributed by atoms with van der Waals surface area (Å²) >= 11 is 1.51. The normalized spacial score (nSPS) is 15.1. The summed E-state index contributed by atoms with van der Waals surface area (Å²) in [6.45, 7) is 4.68. The standard InChI is InChI=1S/C21H24N4O3S/c1-4-27-18-10-15-9-13(2)28-19(15)11-16(18)12-29-21-24-23-20(25(21)22)14-5-7-17(26-3)8-6-14/h5-8,10-11,13H,4,9,12,22H2,1-3H3. The molecule has 0 amide bonds. The van der Waals surface area contributed by atoms with Crippen LogP contribution in [-0.2, 0) is 12.2 Å². The SMILES string of the molecule is CCOc1cc2c(cc1CSc1nnc(-c3ccc(OC)cc3)n1N)OC(C)C2. The predicted octanol–water partition coefficient (Wildman–Crippen LogP) is 3.68. The van der Waals surface area contributed by atoms with Crippen LogP contribution in [0.25, 0.3) is 11.4 Å². The number of nitrogens with two attached hydrogens (primary N) is 1. The van der Waals surface area contributed by atoms with E-state index in [-0.39, 0.29) is 6.10 Å². The molecule has 4 rings (SSSR count). The molecule has 0 aliphatic carbocycles. The lowest BCUT2D eigenvalue weighted by Crippen LogP contribution is -2.11. The van der Waals surface area contributed by atoms with Gasteiger partial charge >= 0.3 is 0 Å². The molecule has 152 valence electrons. The molecule has 0 spiro atoms. The van der Waals surface area contributed by atoms with Gasteiger partial charge in [-0.2, -0.15) is 0 Å². The number of hydrogen-bond donors (Lipinski definition) is 1. The van der Waals surface area contributed by atoms with E-state index in [1.54, 1.807) is 7.11 Å². The summed E-state index contributed by atoms with van der Waals surface area (Å²) in [5, 5.41) is 9.14. The molecule has 1 aliphatic heterocycles. The van der Waals surface area contributed by atoms with Crippen LogP contribution >= 0.6 is 11.8 Å². The fourth-order valence-corrected chi connectivity index (χ4v) is 4.17. The Balaban J connectivity index is 1.54. The second-order valence-electron chi connectivity index (χ2n) is 6.83. The number of benzene rings is 2. The van der Waals surface area contributed by atoms with Crippen LogP contribution in [0.1, 0.15) is 25.0 Å². The van der Waals surface area contributed by atoms with Crippen LogP contribution < -0.4 is 20.1 Å². The van der Waals surface area contributed by atoms with Crippen molar-refractivity contribution in [1.29, 1.82) is 0 Å². The molecule has 0 saturated heterocycles. The molecule has 29 heavy (non-hydrogen) atoms. The molecule has 7 nitrogen and oxygen atoms in total. The molecule has 8 heteroatoms. The van der Waals surface area contributed by atoms with Gasteiger partial charge in [0.1, 0.15) is 23.4 Å². The summed E-state index contributed by atoms with van der Waals surface area (Å²) in [5.41, 5.74) is 3.12. The van der Waals surface area contributed by atoms with Gasteiger partial charge < -0.3 is 20.1 Å². The van der Waals surface area contributed by atoms with E-state index in [1.807, 2.05) is 31.2 Å². The van der Waals surface area contributed by atoms with Crippen molar-refractivity contribution in [3.63, 3.8) is 0 Å². The molecule has 0 fully saturated rings. The lowest BCUT2D eigenvalue weighted by atomic mass is 10.1. The Morgan fingerprint density at radius 3 is 2.76 bits per heavy atom. The van der Waals surface area contributed by atoms with Crippen molar-refractivity contribution in [2.45, 2.75) is 37.3 Å². The van der Waals surface area contributed by atoms with Crippen molar-refractivity contribution in [2.75, 3.05) is 19.6 Å². The first-order chi connectivity index (χ1) is 14.1. The van der Waals surface area contributed by atoms with E-state index in [9.17, 15) is 0 Å². The van der Waals surface area contributed by atoms with Gasteiger partial charge in [-0.3, -0.25) is 0 Å². The van der Waals surface area contributed by atoms with Crippen LogP contribution in [0.4, 0.5) is 0 Å². The minimum atomic E-state index is 0.196. The molecule has 1 unspecified atom stereocenters. The second kappa shape index (κ2) is 8.24. The zero-order valence-corrected chi connectivity index (χ0v) is 17.5. The van der Waals surface area contributed by atoms with Gasteiger partial charge in [0.05, 0.1) is 13.7 Å². The van der Waals surface area contributed by atoms with Crippen molar-refractivity contribution in [1.82, 2.24) is 14.9 Å². The summed E-state index contributed by atoms with van der Waals surface area (Å²) in [4.78, 5) is 0. The monoisotopic (exact) mass is 412 g/mol. The smallest absolute Gasteiger partial charge is 0.210 e. The maximum Gasteiger partial charge on any atom is 0.210 e. The highest BCUT2D eigenvalue weighted by atomic mass is 32.2. The first-order valence-corrected chi connectivity index (χ1v) is 10.5. The Morgan fingerprint density at radius 2 is 2.03 bits per heavy atom. The topological polar surface area (TPSA) is 84.4 Å². The molecule has 0 saturated carbocycles. The Bertz CT molecular complexity index is 1000. The van der Waals surface area contributed by atoms with Crippen molar-refractivity contribution >= 4 is 11.8 Å².